The molecule has 0 radical (unpaired) electrons. The van der Waals surface area contributed by atoms with Crippen LogP contribution < -0.4 is 5.73 Å². The maximum absolute atomic E-state index is 10.7. The third-order valence-corrected chi connectivity index (χ3v) is 2.73. The van der Waals surface area contributed by atoms with Crippen molar-refractivity contribution in [3.8, 4) is 0 Å². The first-order valence-electron chi connectivity index (χ1n) is 5.99. The molecule has 0 amide bonds. The Morgan fingerprint density at radius 2 is 2.15 bits per heavy atom. The van der Waals surface area contributed by atoms with Gasteiger partial charge in [-0.05, 0) is 37.3 Å². The highest BCUT2D eigenvalue weighted by Gasteiger charge is 2.10. The van der Waals surface area contributed by atoms with Crippen molar-refractivity contribution < 1.29 is 14.3 Å². The van der Waals surface area contributed by atoms with Crippen LogP contribution in [0.15, 0.2) is 22.6 Å². The van der Waals surface area contributed by atoms with Gasteiger partial charge in [0.05, 0.1) is 5.69 Å². The van der Waals surface area contributed by atoms with Crippen molar-refractivity contribution in [1.29, 1.82) is 0 Å². The van der Waals surface area contributed by atoms with E-state index in [2.05, 4.69) is 5.10 Å². The van der Waals surface area contributed by atoms with Gasteiger partial charge in [-0.15, -0.1) is 0 Å². The molecule has 0 spiro atoms. The number of nitrogen functional groups attached to an aromatic ring is 1. The summed E-state index contributed by atoms with van der Waals surface area (Å²) in [5.74, 6) is -0.350. The summed E-state index contributed by atoms with van der Waals surface area (Å²) in [6, 6.07) is 2.99. The van der Waals surface area contributed by atoms with Crippen LogP contribution in [0, 0.1) is 0 Å². The van der Waals surface area contributed by atoms with Gasteiger partial charge in [0.25, 0.3) is 0 Å². The number of aromatic carboxylic acids is 1. The normalized spacial score (nSPS) is 11.7. The number of hydrogen-bond donors (Lipinski definition) is 2. The standard InChI is InChI=1S/C14H15N3O3/c1-3-4-11-10(13(15)16-17(11)2)7-5-9-6-8-12(20-9)14(18)19/h3-8H,1-2H3,(H2,15,16)(H,18,19)/b4-3-,7-5+. The zero-order chi connectivity index (χ0) is 14.7. The molecule has 6 heteroatoms. The number of rotatable bonds is 4. The number of anilines is 1. The second-order valence-electron chi connectivity index (χ2n) is 4.15. The molecule has 0 fully saturated rings. The minimum Gasteiger partial charge on any atom is -0.475 e. The molecule has 0 aliphatic carbocycles. The lowest BCUT2D eigenvalue weighted by Crippen LogP contribution is -1.93. The van der Waals surface area contributed by atoms with Crippen LogP contribution in [0.2, 0.25) is 0 Å². The number of hydrogen-bond acceptors (Lipinski definition) is 4. The Bertz CT molecular complexity index is 693. The van der Waals surface area contributed by atoms with Crippen LogP contribution in [-0.2, 0) is 7.05 Å². The second-order valence-corrected chi connectivity index (χ2v) is 4.15. The molecule has 0 bridgehead atoms. The maximum atomic E-state index is 10.7. The lowest BCUT2D eigenvalue weighted by atomic mass is 10.2. The number of carboxylic acids is 1. The monoisotopic (exact) mass is 273 g/mol. The van der Waals surface area contributed by atoms with Crippen molar-refractivity contribution in [2.45, 2.75) is 6.92 Å². The van der Waals surface area contributed by atoms with Gasteiger partial charge in [0.2, 0.25) is 5.76 Å². The quantitative estimate of drug-likeness (QED) is 0.892. The number of furan rings is 1. The van der Waals surface area contributed by atoms with Crippen molar-refractivity contribution >= 4 is 30.0 Å². The Kier molecular flexibility index (Phi) is 3.74. The number of nitrogens with zero attached hydrogens (tertiary/aromatic N) is 2. The van der Waals surface area contributed by atoms with E-state index in [9.17, 15) is 4.79 Å². The van der Waals surface area contributed by atoms with Crippen molar-refractivity contribution in [1.82, 2.24) is 9.78 Å². The largest absolute Gasteiger partial charge is 0.475 e. The molecule has 0 aromatic carbocycles. The summed E-state index contributed by atoms with van der Waals surface area (Å²) in [5, 5.41) is 12.9. The van der Waals surface area contributed by atoms with Crippen LogP contribution in [-0.4, -0.2) is 20.9 Å². The molecule has 2 heterocycles. The van der Waals surface area contributed by atoms with Crippen LogP contribution in [0.3, 0.4) is 0 Å². The Balaban J connectivity index is 2.33. The van der Waals surface area contributed by atoms with Crippen LogP contribution >= 0.6 is 0 Å². The highest BCUT2D eigenvalue weighted by Crippen LogP contribution is 2.21. The van der Waals surface area contributed by atoms with Crippen LogP contribution in [0.1, 0.15) is 34.5 Å². The van der Waals surface area contributed by atoms with Crippen LogP contribution in [0.4, 0.5) is 5.82 Å². The third kappa shape index (κ3) is 2.64. The maximum Gasteiger partial charge on any atom is 0.371 e. The predicted molar refractivity (Wildman–Crippen MR) is 76.9 cm³/mol. The summed E-state index contributed by atoms with van der Waals surface area (Å²) >= 11 is 0. The minimum atomic E-state index is -1.10. The Hall–Kier alpha value is -2.76. The van der Waals surface area contributed by atoms with E-state index < -0.39 is 5.97 Å². The number of carboxylic acid groups (broad SMARTS) is 1. The first-order valence-corrected chi connectivity index (χ1v) is 5.99. The van der Waals surface area contributed by atoms with E-state index in [1.165, 1.54) is 6.07 Å². The molecule has 0 aliphatic rings. The number of nitrogens with two attached hydrogens (primary N) is 1. The molecule has 0 atom stereocenters. The van der Waals surface area contributed by atoms with E-state index in [4.69, 9.17) is 15.3 Å². The van der Waals surface area contributed by atoms with E-state index in [-0.39, 0.29) is 5.76 Å². The molecule has 0 saturated carbocycles. The average Bonchev–Trinajstić information content (AvgIpc) is 2.95. The molecule has 2 aromatic heterocycles. The van der Waals surface area contributed by atoms with E-state index in [1.807, 2.05) is 19.1 Å². The molecule has 2 rings (SSSR count). The van der Waals surface area contributed by atoms with Gasteiger partial charge in [0, 0.05) is 12.6 Å². The Labute approximate surface area is 115 Å². The Morgan fingerprint density at radius 3 is 2.75 bits per heavy atom. The molecular formula is C14H15N3O3. The second kappa shape index (κ2) is 5.48. The molecule has 0 saturated heterocycles. The number of aryl methyl sites for hydroxylation is 1. The third-order valence-electron chi connectivity index (χ3n) is 2.73. The van der Waals surface area contributed by atoms with E-state index in [0.29, 0.717) is 11.6 Å². The SMILES string of the molecule is C/C=C\c1c(/C=C/c2ccc(C(=O)O)o2)c(N)nn1C. The molecular weight excluding hydrogens is 258 g/mol. The minimum absolute atomic E-state index is 0.0995. The fourth-order valence-electron chi connectivity index (χ4n) is 1.82. The molecule has 6 nitrogen and oxygen atoms in total. The predicted octanol–water partition coefficient (Wildman–Crippen LogP) is 2.50. The van der Waals surface area contributed by atoms with E-state index >= 15 is 0 Å². The van der Waals surface area contributed by atoms with E-state index in [1.54, 1.807) is 29.9 Å². The van der Waals surface area contributed by atoms with Gasteiger partial charge in [0.15, 0.2) is 5.82 Å². The highest BCUT2D eigenvalue weighted by molar-refractivity contribution is 5.85. The summed E-state index contributed by atoms with van der Waals surface area (Å²) in [6.07, 6.45) is 7.20. The van der Waals surface area contributed by atoms with Crippen molar-refractivity contribution in [2.24, 2.45) is 7.05 Å². The lowest BCUT2D eigenvalue weighted by Gasteiger charge is -1.95. The van der Waals surface area contributed by atoms with Crippen LogP contribution in [0.25, 0.3) is 18.2 Å². The summed E-state index contributed by atoms with van der Waals surface area (Å²) in [7, 11) is 1.80. The van der Waals surface area contributed by atoms with Crippen molar-refractivity contribution in [2.75, 3.05) is 5.73 Å². The number of allylic oxidation sites excluding steroid dienone is 1. The smallest absolute Gasteiger partial charge is 0.371 e. The molecule has 20 heavy (non-hydrogen) atoms. The zero-order valence-electron chi connectivity index (χ0n) is 11.2. The van der Waals surface area contributed by atoms with Gasteiger partial charge in [0.1, 0.15) is 5.76 Å². The van der Waals surface area contributed by atoms with Crippen molar-refractivity contribution in [3.05, 3.63) is 41.0 Å². The van der Waals surface area contributed by atoms with Crippen molar-refractivity contribution in [3.63, 3.8) is 0 Å². The fraction of sp³-hybridized carbons (Fsp3) is 0.143. The van der Waals surface area contributed by atoms with Gasteiger partial charge in [-0.3, -0.25) is 4.68 Å². The number of carbonyl (C=O) groups is 1. The summed E-state index contributed by atoms with van der Waals surface area (Å²) in [4.78, 5) is 10.7. The van der Waals surface area contributed by atoms with Gasteiger partial charge in [-0.2, -0.15) is 5.10 Å². The summed E-state index contributed by atoms with van der Waals surface area (Å²) < 4.78 is 6.82. The summed E-state index contributed by atoms with van der Waals surface area (Å²) in [6.45, 7) is 1.91. The van der Waals surface area contributed by atoms with E-state index in [0.717, 1.165) is 11.3 Å². The van der Waals surface area contributed by atoms with Gasteiger partial charge in [-0.25, -0.2) is 4.79 Å². The zero-order valence-corrected chi connectivity index (χ0v) is 11.2. The molecule has 0 aliphatic heterocycles. The van der Waals surface area contributed by atoms with Gasteiger partial charge in [-0.1, -0.05) is 6.08 Å². The first-order chi connectivity index (χ1) is 9.52. The highest BCUT2D eigenvalue weighted by atomic mass is 16.4. The summed E-state index contributed by atoms with van der Waals surface area (Å²) in [5.41, 5.74) is 7.48. The topological polar surface area (TPSA) is 94.3 Å². The molecule has 104 valence electrons. The molecule has 2 aromatic rings. The van der Waals surface area contributed by atoms with Crippen LogP contribution in [0.5, 0.6) is 0 Å². The van der Waals surface area contributed by atoms with Gasteiger partial charge < -0.3 is 15.3 Å². The fourth-order valence-corrected chi connectivity index (χ4v) is 1.82. The average molecular weight is 273 g/mol. The molecule has 0 unspecified atom stereocenters. The Morgan fingerprint density at radius 1 is 1.40 bits per heavy atom. The van der Waals surface area contributed by atoms with Gasteiger partial charge >= 0.3 is 5.97 Å². The lowest BCUT2D eigenvalue weighted by molar-refractivity contribution is 0.0662. The molecule has 3 N–H and O–H groups in total. The first kappa shape index (κ1) is 13.7. The number of aromatic nitrogens is 2.